The molecule has 0 aromatic heterocycles. The predicted octanol–water partition coefficient (Wildman–Crippen LogP) is 1.40. The standard InChI is InChI=1S/C10H18O4/c1-8(5-4-6-11)9-7-12-10(2,3)14-13-9/h9,11H,1,4-7H2,2-3H3. The van der Waals surface area contributed by atoms with Crippen LogP contribution in [0.5, 0.6) is 0 Å². The monoisotopic (exact) mass is 202 g/mol. The number of rotatable bonds is 4. The van der Waals surface area contributed by atoms with E-state index in [9.17, 15) is 0 Å². The number of hydrogen-bond acceptors (Lipinski definition) is 4. The SMILES string of the molecule is C=C(CCCO)C1COC(C)(C)OO1. The van der Waals surface area contributed by atoms with Crippen molar-refractivity contribution in [2.24, 2.45) is 0 Å². The summed E-state index contributed by atoms with van der Waals surface area (Å²) in [4.78, 5) is 10.2. The van der Waals surface area contributed by atoms with Crippen LogP contribution >= 0.6 is 0 Å². The molecule has 1 N–H and O–H groups in total. The Morgan fingerprint density at radius 1 is 1.57 bits per heavy atom. The van der Waals surface area contributed by atoms with Crippen molar-refractivity contribution in [2.45, 2.75) is 38.6 Å². The molecule has 1 saturated heterocycles. The summed E-state index contributed by atoms with van der Waals surface area (Å²) < 4.78 is 5.41. The van der Waals surface area contributed by atoms with Crippen molar-refractivity contribution in [3.63, 3.8) is 0 Å². The van der Waals surface area contributed by atoms with E-state index in [0.717, 1.165) is 12.0 Å². The Morgan fingerprint density at radius 3 is 2.79 bits per heavy atom. The Kier molecular flexibility index (Phi) is 4.07. The van der Waals surface area contributed by atoms with Gasteiger partial charge in [-0.1, -0.05) is 6.58 Å². The fraction of sp³-hybridized carbons (Fsp3) is 0.800. The summed E-state index contributed by atoms with van der Waals surface area (Å²) in [6.07, 6.45) is 1.21. The lowest BCUT2D eigenvalue weighted by atomic mass is 10.1. The van der Waals surface area contributed by atoms with Crippen molar-refractivity contribution in [1.82, 2.24) is 0 Å². The first-order chi connectivity index (χ1) is 6.55. The van der Waals surface area contributed by atoms with Gasteiger partial charge in [-0.3, -0.25) is 0 Å². The van der Waals surface area contributed by atoms with Gasteiger partial charge in [-0.15, -0.1) is 0 Å². The van der Waals surface area contributed by atoms with E-state index in [1.807, 2.05) is 0 Å². The van der Waals surface area contributed by atoms with Gasteiger partial charge in [0.15, 0.2) is 5.79 Å². The molecule has 0 amide bonds. The van der Waals surface area contributed by atoms with Gasteiger partial charge < -0.3 is 9.84 Å². The predicted molar refractivity (Wildman–Crippen MR) is 51.4 cm³/mol. The third-order valence-electron chi connectivity index (χ3n) is 2.06. The van der Waals surface area contributed by atoms with Crippen LogP contribution in [-0.4, -0.2) is 30.2 Å². The Hall–Kier alpha value is -0.420. The molecule has 0 saturated carbocycles. The number of hydrogen-bond donors (Lipinski definition) is 1. The van der Waals surface area contributed by atoms with Crippen LogP contribution in [0.4, 0.5) is 0 Å². The van der Waals surface area contributed by atoms with Crippen LogP contribution < -0.4 is 0 Å². The third kappa shape index (κ3) is 3.38. The summed E-state index contributed by atoms with van der Waals surface area (Å²) in [5, 5.41) is 8.65. The van der Waals surface area contributed by atoms with E-state index in [4.69, 9.17) is 19.6 Å². The second kappa shape index (κ2) is 4.89. The van der Waals surface area contributed by atoms with Gasteiger partial charge in [-0.05, 0) is 32.3 Å². The maximum Gasteiger partial charge on any atom is 0.196 e. The average Bonchev–Trinajstić information content (AvgIpc) is 2.14. The zero-order valence-corrected chi connectivity index (χ0v) is 8.78. The van der Waals surface area contributed by atoms with E-state index in [0.29, 0.717) is 13.0 Å². The van der Waals surface area contributed by atoms with Crippen LogP contribution in [0.1, 0.15) is 26.7 Å². The minimum absolute atomic E-state index is 0.166. The molecule has 0 aromatic rings. The molecule has 0 radical (unpaired) electrons. The van der Waals surface area contributed by atoms with Crippen LogP contribution in [-0.2, 0) is 14.5 Å². The Balaban J connectivity index is 2.30. The van der Waals surface area contributed by atoms with Crippen molar-refractivity contribution < 1.29 is 19.6 Å². The highest BCUT2D eigenvalue weighted by Gasteiger charge is 2.31. The molecule has 0 bridgehead atoms. The molecule has 4 heteroatoms. The first-order valence-corrected chi connectivity index (χ1v) is 4.82. The van der Waals surface area contributed by atoms with E-state index in [2.05, 4.69) is 6.58 Å². The molecule has 1 heterocycles. The van der Waals surface area contributed by atoms with Crippen molar-refractivity contribution in [2.75, 3.05) is 13.2 Å². The van der Waals surface area contributed by atoms with Crippen molar-refractivity contribution in [3.05, 3.63) is 12.2 Å². The van der Waals surface area contributed by atoms with Gasteiger partial charge in [0.1, 0.15) is 6.10 Å². The van der Waals surface area contributed by atoms with Gasteiger partial charge in [0.25, 0.3) is 0 Å². The minimum atomic E-state index is -0.673. The molecule has 0 aromatic carbocycles. The molecule has 1 atom stereocenters. The Bertz CT molecular complexity index is 190. The summed E-state index contributed by atoms with van der Waals surface area (Å²) >= 11 is 0. The zero-order chi connectivity index (χ0) is 10.6. The van der Waals surface area contributed by atoms with Crippen LogP contribution in [0.2, 0.25) is 0 Å². The normalized spacial score (nSPS) is 26.1. The van der Waals surface area contributed by atoms with Crippen LogP contribution in [0, 0.1) is 0 Å². The lowest BCUT2D eigenvalue weighted by molar-refractivity contribution is -0.470. The summed E-state index contributed by atoms with van der Waals surface area (Å²) in [6, 6.07) is 0. The van der Waals surface area contributed by atoms with E-state index < -0.39 is 5.79 Å². The van der Waals surface area contributed by atoms with Gasteiger partial charge in [0, 0.05) is 6.61 Å². The molecular formula is C10H18O4. The third-order valence-corrected chi connectivity index (χ3v) is 2.06. The van der Waals surface area contributed by atoms with Crippen molar-refractivity contribution >= 4 is 0 Å². The molecule has 14 heavy (non-hydrogen) atoms. The highest BCUT2D eigenvalue weighted by atomic mass is 17.2. The molecule has 1 unspecified atom stereocenters. The molecule has 0 spiro atoms. The van der Waals surface area contributed by atoms with Gasteiger partial charge in [0.2, 0.25) is 0 Å². The summed E-state index contributed by atoms with van der Waals surface area (Å²) in [5.41, 5.74) is 0.898. The smallest absolute Gasteiger partial charge is 0.196 e. The van der Waals surface area contributed by atoms with E-state index in [-0.39, 0.29) is 12.7 Å². The number of aliphatic hydroxyl groups excluding tert-OH is 1. The highest BCUT2D eigenvalue weighted by Crippen LogP contribution is 2.23. The maximum atomic E-state index is 8.65. The van der Waals surface area contributed by atoms with Crippen molar-refractivity contribution in [3.8, 4) is 0 Å². The summed E-state index contributed by atoms with van der Waals surface area (Å²) in [7, 11) is 0. The zero-order valence-electron chi connectivity index (χ0n) is 8.78. The van der Waals surface area contributed by atoms with Gasteiger partial charge in [0.05, 0.1) is 6.61 Å². The second-order valence-electron chi connectivity index (χ2n) is 3.86. The molecule has 1 rings (SSSR count). The van der Waals surface area contributed by atoms with Gasteiger partial charge in [-0.2, -0.15) is 0 Å². The average molecular weight is 202 g/mol. The fourth-order valence-electron chi connectivity index (χ4n) is 1.16. The fourth-order valence-corrected chi connectivity index (χ4v) is 1.16. The minimum Gasteiger partial charge on any atom is -0.396 e. The Labute approximate surface area is 84.4 Å². The molecule has 82 valence electrons. The second-order valence-corrected chi connectivity index (χ2v) is 3.86. The Morgan fingerprint density at radius 2 is 2.29 bits per heavy atom. The summed E-state index contributed by atoms with van der Waals surface area (Å²) in [5.74, 6) is -0.673. The number of ether oxygens (including phenoxy) is 1. The first kappa shape index (κ1) is 11.7. The van der Waals surface area contributed by atoms with E-state index in [1.165, 1.54) is 0 Å². The quantitative estimate of drug-likeness (QED) is 0.553. The van der Waals surface area contributed by atoms with Crippen LogP contribution in [0.3, 0.4) is 0 Å². The summed E-state index contributed by atoms with van der Waals surface area (Å²) in [6.45, 7) is 8.07. The lowest BCUT2D eigenvalue weighted by Gasteiger charge is -2.34. The molecule has 4 nitrogen and oxygen atoms in total. The number of aliphatic hydroxyl groups is 1. The molecule has 1 aliphatic rings. The van der Waals surface area contributed by atoms with Gasteiger partial charge >= 0.3 is 0 Å². The first-order valence-electron chi connectivity index (χ1n) is 4.82. The lowest BCUT2D eigenvalue weighted by Crippen LogP contribution is -2.41. The molecule has 1 fully saturated rings. The largest absolute Gasteiger partial charge is 0.396 e. The molecular weight excluding hydrogens is 184 g/mol. The van der Waals surface area contributed by atoms with E-state index in [1.54, 1.807) is 13.8 Å². The molecule has 0 aliphatic carbocycles. The van der Waals surface area contributed by atoms with Crippen LogP contribution in [0.25, 0.3) is 0 Å². The van der Waals surface area contributed by atoms with E-state index >= 15 is 0 Å². The topological polar surface area (TPSA) is 47.9 Å². The van der Waals surface area contributed by atoms with Gasteiger partial charge in [-0.25, -0.2) is 9.78 Å². The van der Waals surface area contributed by atoms with Crippen LogP contribution in [0.15, 0.2) is 12.2 Å². The highest BCUT2D eigenvalue weighted by molar-refractivity contribution is 5.02. The molecule has 1 aliphatic heterocycles. The maximum absolute atomic E-state index is 8.65. The van der Waals surface area contributed by atoms with Crippen molar-refractivity contribution in [1.29, 1.82) is 0 Å².